The van der Waals surface area contributed by atoms with E-state index in [1.165, 1.54) is 23.6 Å². The molecule has 0 spiro atoms. The molecule has 2 aromatic carbocycles. The number of ether oxygens (including phenoxy) is 1. The van der Waals surface area contributed by atoms with Crippen molar-refractivity contribution >= 4 is 22.6 Å². The molecular formula is C22H18F4N2O4. The average molecular weight is 450 g/mol. The molecule has 0 aliphatic carbocycles. The van der Waals surface area contributed by atoms with Crippen LogP contribution in [0.15, 0.2) is 41.2 Å². The minimum absolute atomic E-state index is 0.0392. The zero-order valence-corrected chi connectivity index (χ0v) is 17.0. The molecular weight excluding hydrogens is 432 g/mol. The van der Waals surface area contributed by atoms with Crippen LogP contribution in [-0.4, -0.2) is 29.3 Å². The lowest BCUT2D eigenvalue weighted by Crippen LogP contribution is -2.39. The molecule has 1 N–H and O–H groups in total. The molecule has 0 saturated carbocycles. The third-order valence-electron chi connectivity index (χ3n) is 5.58. The third kappa shape index (κ3) is 3.35. The topological polar surface area (TPSA) is 71.8 Å². The highest BCUT2D eigenvalue weighted by molar-refractivity contribution is 6.03. The van der Waals surface area contributed by atoms with Crippen LogP contribution in [0.25, 0.3) is 10.9 Å². The molecule has 4 rings (SSSR count). The van der Waals surface area contributed by atoms with Gasteiger partial charge in [-0.1, -0.05) is 12.1 Å². The Bertz CT molecular complexity index is 1280. The quantitative estimate of drug-likeness (QED) is 0.478. The molecule has 1 aliphatic heterocycles. The number of benzene rings is 2. The number of nitrogens with zero attached hydrogens (tertiary/aromatic N) is 2. The molecule has 1 unspecified atom stereocenters. The molecule has 6 nitrogen and oxygen atoms in total. The molecule has 10 heteroatoms. The summed E-state index contributed by atoms with van der Waals surface area (Å²) in [5.41, 5.74) is -1.34. The molecule has 0 saturated heterocycles. The minimum Gasteiger partial charge on any atom is -0.506 e. The molecule has 1 aromatic heterocycles. The van der Waals surface area contributed by atoms with E-state index in [0.29, 0.717) is 5.56 Å². The molecule has 0 radical (unpaired) electrons. The van der Waals surface area contributed by atoms with Gasteiger partial charge in [0.25, 0.3) is 5.56 Å². The molecule has 3 aromatic rings. The van der Waals surface area contributed by atoms with E-state index in [4.69, 9.17) is 4.74 Å². The number of likely N-dealkylation sites (N-methyl/N-ethyl adjacent to an activating group) is 1. The van der Waals surface area contributed by atoms with E-state index in [0.717, 1.165) is 24.3 Å². The number of carbonyl (C=O) groups is 1. The lowest BCUT2D eigenvalue weighted by molar-refractivity contribution is -0.137. The van der Waals surface area contributed by atoms with Gasteiger partial charge >= 0.3 is 12.1 Å². The molecule has 32 heavy (non-hydrogen) atoms. The Kier molecular flexibility index (Phi) is 5.10. The predicted molar refractivity (Wildman–Crippen MR) is 108 cm³/mol. The summed E-state index contributed by atoms with van der Waals surface area (Å²) in [5.74, 6) is -2.44. The molecule has 0 fully saturated rings. The lowest BCUT2D eigenvalue weighted by atomic mass is 9.98. The fourth-order valence-electron chi connectivity index (χ4n) is 4.04. The van der Waals surface area contributed by atoms with Crippen molar-refractivity contribution in [2.45, 2.75) is 25.7 Å². The predicted octanol–water partition coefficient (Wildman–Crippen LogP) is 4.23. The zero-order valence-electron chi connectivity index (χ0n) is 17.0. The maximum absolute atomic E-state index is 14.4. The Balaban J connectivity index is 1.92. The monoisotopic (exact) mass is 450 g/mol. The van der Waals surface area contributed by atoms with Crippen molar-refractivity contribution in [2.75, 3.05) is 18.6 Å². The van der Waals surface area contributed by atoms with Crippen molar-refractivity contribution in [3.8, 4) is 5.75 Å². The van der Waals surface area contributed by atoms with Crippen LogP contribution < -0.4 is 10.5 Å². The lowest BCUT2D eigenvalue weighted by Gasteiger charge is -2.37. The van der Waals surface area contributed by atoms with Gasteiger partial charge in [0, 0.05) is 12.4 Å². The highest BCUT2D eigenvalue weighted by Crippen LogP contribution is 2.41. The van der Waals surface area contributed by atoms with Gasteiger partial charge < -0.3 is 19.3 Å². The van der Waals surface area contributed by atoms with E-state index in [2.05, 4.69) is 0 Å². The normalized spacial score (nSPS) is 15.8. The molecule has 1 aliphatic rings. The van der Waals surface area contributed by atoms with Gasteiger partial charge in [-0.2, -0.15) is 13.2 Å². The van der Waals surface area contributed by atoms with Crippen molar-refractivity contribution in [3.63, 3.8) is 0 Å². The number of aromatic hydroxyl groups is 1. The molecule has 2 heterocycles. The third-order valence-corrected chi connectivity index (χ3v) is 5.58. The van der Waals surface area contributed by atoms with Crippen LogP contribution in [0.4, 0.5) is 23.2 Å². The molecule has 0 bridgehead atoms. The fourth-order valence-corrected chi connectivity index (χ4v) is 4.04. The van der Waals surface area contributed by atoms with E-state index in [1.807, 2.05) is 0 Å². The largest absolute Gasteiger partial charge is 0.506 e. The van der Waals surface area contributed by atoms with Crippen molar-refractivity contribution in [1.82, 2.24) is 4.57 Å². The first-order valence-corrected chi connectivity index (χ1v) is 9.70. The first kappa shape index (κ1) is 21.7. The standard InChI is InChI=1S/C22H18F4N2O4/c1-3-32-21(31)17-19(29)14-8-13(23)9-15-18(14)28(20(17)30)10-16(27(15)2)11-4-6-12(7-5-11)22(24,25)26/h4-9,16,29H,3,10H2,1-2H3. The van der Waals surface area contributed by atoms with Crippen LogP contribution in [0.5, 0.6) is 5.75 Å². The van der Waals surface area contributed by atoms with Gasteiger partial charge in [0.1, 0.15) is 11.6 Å². The summed E-state index contributed by atoms with van der Waals surface area (Å²) < 4.78 is 59.3. The summed E-state index contributed by atoms with van der Waals surface area (Å²) in [7, 11) is 1.61. The Hall–Kier alpha value is -3.56. The number of carbonyl (C=O) groups excluding carboxylic acids is 1. The number of alkyl halides is 3. The maximum atomic E-state index is 14.4. The number of esters is 1. The number of aromatic nitrogens is 1. The Labute approximate surface area is 179 Å². The highest BCUT2D eigenvalue weighted by Gasteiger charge is 2.34. The average Bonchev–Trinajstić information content (AvgIpc) is 2.73. The van der Waals surface area contributed by atoms with Gasteiger partial charge in [-0.05, 0) is 36.8 Å². The smallest absolute Gasteiger partial charge is 0.416 e. The summed E-state index contributed by atoms with van der Waals surface area (Å²) in [6, 6.07) is 6.00. The van der Waals surface area contributed by atoms with Crippen LogP contribution in [0.1, 0.15) is 34.5 Å². The summed E-state index contributed by atoms with van der Waals surface area (Å²) in [6.07, 6.45) is -4.50. The van der Waals surface area contributed by atoms with Gasteiger partial charge in [-0.3, -0.25) is 4.79 Å². The van der Waals surface area contributed by atoms with Crippen molar-refractivity contribution in [1.29, 1.82) is 0 Å². The first-order valence-electron chi connectivity index (χ1n) is 9.70. The van der Waals surface area contributed by atoms with Crippen LogP contribution in [0.2, 0.25) is 0 Å². The van der Waals surface area contributed by atoms with E-state index in [1.54, 1.807) is 11.9 Å². The Morgan fingerprint density at radius 1 is 1.22 bits per heavy atom. The van der Waals surface area contributed by atoms with Gasteiger partial charge in [-0.15, -0.1) is 0 Å². The second kappa shape index (κ2) is 7.54. The van der Waals surface area contributed by atoms with E-state index >= 15 is 0 Å². The SMILES string of the molecule is CCOC(=O)c1c(O)c2cc(F)cc3c2n(c1=O)CC(c1ccc(C(F)(F)F)cc1)N3C. The molecule has 1 atom stereocenters. The second-order valence-electron chi connectivity index (χ2n) is 7.43. The van der Waals surface area contributed by atoms with E-state index in [-0.39, 0.29) is 29.7 Å². The van der Waals surface area contributed by atoms with Gasteiger partial charge in [-0.25, -0.2) is 9.18 Å². The maximum Gasteiger partial charge on any atom is 0.416 e. The highest BCUT2D eigenvalue weighted by atomic mass is 19.4. The van der Waals surface area contributed by atoms with Crippen LogP contribution >= 0.6 is 0 Å². The number of hydrogen-bond donors (Lipinski definition) is 1. The molecule has 0 amide bonds. The fraction of sp³-hybridized carbons (Fsp3) is 0.273. The number of halogens is 4. The number of pyridine rings is 1. The van der Waals surface area contributed by atoms with Crippen molar-refractivity contribution in [2.24, 2.45) is 0 Å². The zero-order chi connectivity index (χ0) is 23.4. The van der Waals surface area contributed by atoms with Crippen LogP contribution in [0, 0.1) is 5.82 Å². The van der Waals surface area contributed by atoms with E-state index < -0.39 is 46.4 Å². The van der Waals surface area contributed by atoms with Crippen molar-refractivity contribution in [3.05, 3.63) is 69.3 Å². The minimum atomic E-state index is -4.50. The molecule has 168 valence electrons. The van der Waals surface area contributed by atoms with Crippen LogP contribution in [-0.2, 0) is 17.5 Å². The number of anilines is 1. The number of hydrogen-bond acceptors (Lipinski definition) is 5. The van der Waals surface area contributed by atoms with Crippen molar-refractivity contribution < 1.29 is 32.2 Å². The summed E-state index contributed by atoms with van der Waals surface area (Å²) in [5, 5.41) is 10.5. The van der Waals surface area contributed by atoms with E-state index in [9.17, 15) is 32.3 Å². The second-order valence-corrected chi connectivity index (χ2v) is 7.43. The number of rotatable bonds is 3. The Morgan fingerprint density at radius 3 is 2.47 bits per heavy atom. The van der Waals surface area contributed by atoms with Gasteiger partial charge in [0.05, 0.1) is 36.0 Å². The van der Waals surface area contributed by atoms with Gasteiger partial charge in [0.15, 0.2) is 5.56 Å². The van der Waals surface area contributed by atoms with Crippen LogP contribution in [0.3, 0.4) is 0 Å². The first-order chi connectivity index (χ1) is 15.0. The Morgan fingerprint density at radius 2 is 1.88 bits per heavy atom. The summed E-state index contributed by atoms with van der Waals surface area (Å²) in [4.78, 5) is 27.1. The summed E-state index contributed by atoms with van der Waals surface area (Å²) in [6.45, 7) is 1.45. The van der Waals surface area contributed by atoms with Gasteiger partial charge in [0.2, 0.25) is 0 Å². The summed E-state index contributed by atoms with van der Waals surface area (Å²) >= 11 is 0.